The van der Waals surface area contributed by atoms with Crippen LogP contribution in [0.2, 0.25) is 0 Å². The summed E-state index contributed by atoms with van der Waals surface area (Å²) in [6.45, 7) is 4.55. The highest BCUT2D eigenvalue weighted by Gasteiger charge is 2.43. The second-order valence-corrected chi connectivity index (χ2v) is 3.82. The van der Waals surface area contributed by atoms with Gasteiger partial charge in [0.2, 0.25) is 0 Å². The van der Waals surface area contributed by atoms with Gasteiger partial charge in [0.05, 0.1) is 11.4 Å². The number of carbonyl (C=O) groups is 1. The number of likely N-dealkylation sites (N-methyl/N-ethyl adjacent to an activating group) is 1. The van der Waals surface area contributed by atoms with E-state index >= 15 is 0 Å². The van der Waals surface area contributed by atoms with Gasteiger partial charge in [-0.3, -0.25) is 4.79 Å². The fourth-order valence-corrected chi connectivity index (χ4v) is 2.07. The summed E-state index contributed by atoms with van der Waals surface area (Å²) in [5.41, 5.74) is 6.62. The van der Waals surface area contributed by atoms with Crippen molar-refractivity contribution >= 4 is 17.3 Å². The smallest absolute Gasteiger partial charge is 0.263 e. The van der Waals surface area contributed by atoms with E-state index in [0.717, 1.165) is 17.9 Å². The number of nitrogens with two attached hydrogens (primary N) is 1. The molecule has 1 unspecified atom stereocenters. The van der Waals surface area contributed by atoms with Crippen molar-refractivity contribution in [1.82, 2.24) is 0 Å². The molecule has 2 rings (SSSR count). The van der Waals surface area contributed by atoms with Gasteiger partial charge in [0.25, 0.3) is 5.91 Å². The molecule has 1 aromatic rings. The van der Waals surface area contributed by atoms with Crippen molar-refractivity contribution in [2.24, 2.45) is 5.73 Å². The normalized spacial score (nSPS) is 23.5. The van der Waals surface area contributed by atoms with Crippen LogP contribution in [0.15, 0.2) is 24.3 Å². The van der Waals surface area contributed by atoms with Crippen molar-refractivity contribution in [2.45, 2.75) is 19.5 Å². The molecule has 0 saturated carbocycles. The molecule has 0 bridgehead atoms. The zero-order valence-corrected chi connectivity index (χ0v) is 8.95. The lowest BCUT2D eigenvalue weighted by Gasteiger charge is -2.33. The highest BCUT2D eigenvalue weighted by Crippen LogP contribution is 2.38. The van der Waals surface area contributed by atoms with Crippen molar-refractivity contribution in [2.75, 3.05) is 16.8 Å². The second kappa shape index (κ2) is 3.15. The van der Waals surface area contributed by atoms with E-state index in [-0.39, 0.29) is 5.91 Å². The van der Waals surface area contributed by atoms with Gasteiger partial charge in [-0.05, 0) is 26.0 Å². The van der Waals surface area contributed by atoms with E-state index in [4.69, 9.17) is 5.73 Å². The van der Waals surface area contributed by atoms with E-state index in [1.54, 1.807) is 6.92 Å². The Kier molecular flexibility index (Phi) is 2.07. The van der Waals surface area contributed by atoms with Gasteiger partial charge in [-0.25, -0.2) is 0 Å². The number of para-hydroxylation sites is 2. The minimum Gasteiger partial charge on any atom is -0.366 e. The summed E-state index contributed by atoms with van der Waals surface area (Å²) in [5, 5.41) is 3.16. The van der Waals surface area contributed by atoms with Crippen molar-refractivity contribution in [1.29, 1.82) is 0 Å². The second-order valence-electron chi connectivity index (χ2n) is 3.82. The van der Waals surface area contributed by atoms with Gasteiger partial charge in [0, 0.05) is 6.54 Å². The summed E-state index contributed by atoms with van der Waals surface area (Å²) in [7, 11) is 0. The zero-order chi connectivity index (χ0) is 11.1. The van der Waals surface area contributed by atoms with Crippen LogP contribution in [0.4, 0.5) is 11.4 Å². The van der Waals surface area contributed by atoms with Gasteiger partial charge < -0.3 is 16.0 Å². The lowest BCUT2D eigenvalue weighted by Crippen LogP contribution is -2.57. The number of anilines is 2. The maximum atomic E-state index is 11.5. The van der Waals surface area contributed by atoms with E-state index in [9.17, 15) is 4.79 Å². The fourth-order valence-electron chi connectivity index (χ4n) is 2.07. The average molecular weight is 205 g/mol. The number of hydrogen-bond acceptors (Lipinski definition) is 3. The summed E-state index contributed by atoms with van der Waals surface area (Å²) >= 11 is 0. The van der Waals surface area contributed by atoms with Crippen LogP contribution in [0, 0.1) is 0 Å². The third-order valence-electron chi connectivity index (χ3n) is 2.91. The Balaban J connectivity index is 2.49. The van der Waals surface area contributed by atoms with E-state index in [0.29, 0.717) is 0 Å². The van der Waals surface area contributed by atoms with Gasteiger partial charge in [-0.2, -0.15) is 0 Å². The molecule has 1 aliphatic heterocycles. The molecule has 80 valence electrons. The fraction of sp³-hybridized carbons (Fsp3) is 0.364. The highest BCUT2D eigenvalue weighted by atomic mass is 16.2. The minimum atomic E-state index is -0.807. The van der Waals surface area contributed by atoms with Crippen LogP contribution in [0.25, 0.3) is 0 Å². The Labute approximate surface area is 89.1 Å². The molecule has 0 saturated heterocycles. The molecule has 0 spiro atoms. The molecule has 1 amide bonds. The number of amides is 1. The summed E-state index contributed by atoms with van der Waals surface area (Å²) < 4.78 is 0. The molecule has 1 heterocycles. The number of carbonyl (C=O) groups excluding carboxylic acids is 1. The van der Waals surface area contributed by atoms with E-state index in [1.807, 2.05) is 36.1 Å². The molecule has 0 aliphatic carbocycles. The standard InChI is InChI=1S/C11H15N3O/c1-3-14-9-7-5-4-6-8(9)13-11(14,2)10(12)15/h4-7,13H,3H2,1-2H3,(H2,12,15). The van der Waals surface area contributed by atoms with Crippen molar-refractivity contribution in [3.63, 3.8) is 0 Å². The number of fused-ring (bicyclic) bond motifs is 1. The van der Waals surface area contributed by atoms with Crippen LogP contribution in [0.3, 0.4) is 0 Å². The minimum absolute atomic E-state index is 0.361. The third-order valence-corrected chi connectivity index (χ3v) is 2.91. The SMILES string of the molecule is CCN1c2ccccc2NC1(C)C(N)=O. The number of rotatable bonds is 2. The molecular weight excluding hydrogens is 190 g/mol. The van der Waals surface area contributed by atoms with E-state index in [1.165, 1.54) is 0 Å². The molecule has 0 aromatic heterocycles. The first-order valence-electron chi connectivity index (χ1n) is 5.04. The van der Waals surface area contributed by atoms with Gasteiger partial charge in [0.15, 0.2) is 5.66 Å². The van der Waals surface area contributed by atoms with Crippen LogP contribution >= 0.6 is 0 Å². The van der Waals surface area contributed by atoms with Gasteiger partial charge in [-0.1, -0.05) is 12.1 Å². The van der Waals surface area contributed by atoms with Gasteiger partial charge in [0.1, 0.15) is 0 Å². The van der Waals surface area contributed by atoms with Gasteiger partial charge in [-0.15, -0.1) is 0 Å². The topological polar surface area (TPSA) is 58.4 Å². The molecule has 1 atom stereocenters. The van der Waals surface area contributed by atoms with Crippen LogP contribution < -0.4 is 16.0 Å². The molecule has 1 aromatic carbocycles. The zero-order valence-electron chi connectivity index (χ0n) is 8.95. The predicted molar refractivity (Wildman–Crippen MR) is 60.7 cm³/mol. The number of nitrogens with one attached hydrogen (secondary N) is 1. The lowest BCUT2D eigenvalue weighted by atomic mass is 10.1. The average Bonchev–Trinajstić information content (AvgIpc) is 2.50. The molecule has 4 nitrogen and oxygen atoms in total. The number of primary amides is 1. The van der Waals surface area contributed by atoms with Crippen molar-refractivity contribution in [3.05, 3.63) is 24.3 Å². The summed E-state index contributed by atoms with van der Waals surface area (Å²) in [6.07, 6.45) is 0. The summed E-state index contributed by atoms with van der Waals surface area (Å²) in [4.78, 5) is 13.5. The molecule has 4 heteroatoms. The maximum Gasteiger partial charge on any atom is 0.263 e. The Hall–Kier alpha value is -1.71. The Morgan fingerprint density at radius 2 is 2.20 bits per heavy atom. The quantitative estimate of drug-likeness (QED) is 0.761. The third kappa shape index (κ3) is 1.25. The van der Waals surface area contributed by atoms with Gasteiger partial charge >= 0.3 is 0 Å². The highest BCUT2D eigenvalue weighted by molar-refractivity contribution is 5.96. The van der Waals surface area contributed by atoms with Crippen LogP contribution in [-0.4, -0.2) is 18.1 Å². The molecule has 15 heavy (non-hydrogen) atoms. The van der Waals surface area contributed by atoms with E-state index in [2.05, 4.69) is 5.32 Å². The van der Waals surface area contributed by atoms with Crippen LogP contribution in [0.5, 0.6) is 0 Å². The number of hydrogen-bond donors (Lipinski definition) is 2. The molecule has 1 aliphatic rings. The molecule has 0 fully saturated rings. The molecule has 3 N–H and O–H groups in total. The lowest BCUT2D eigenvalue weighted by molar-refractivity contribution is -0.121. The number of benzene rings is 1. The monoisotopic (exact) mass is 205 g/mol. The first-order chi connectivity index (χ1) is 7.09. The summed E-state index contributed by atoms with van der Waals surface area (Å²) in [6, 6.07) is 7.83. The first kappa shape index (κ1) is 9.83. The first-order valence-corrected chi connectivity index (χ1v) is 5.04. The van der Waals surface area contributed by atoms with E-state index < -0.39 is 5.66 Å². The molecule has 0 radical (unpaired) electrons. The van der Waals surface area contributed by atoms with Crippen LogP contribution in [-0.2, 0) is 4.79 Å². The maximum absolute atomic E-state index is 11.5. The Morgan fingerprint density at radius 1 is 1.53 bits per heavy atom. The number of nitrogens with zero attached hydrogens (tertiary/aromatic N) is 1. The Bertz CT molecular complexity index is 405. The molecular formula is C11H15N3O. The van der Waals surface area contributed by atoms with Crippen LogP contribution in [0.1, 0.15) is 13.8 Å². The predicted octanol–water partition coefficient (Wildman–Crippen LogP) is 1.14. The largest absolute Gasteiger partial charge is 0.366 e. The summed E-state index contributed by atoms with van der Waals surface area (Å²) in [5.74, 6) is -0.361. The van der Waals surface area contributed by atoms with Crippen molar-refractivity contribution in [3.8, 4) is 0 Å². The Morgan fingerprint density at radius 3 is 2.80 bits per heavy atom. The van der Waals surface area contributed by atoms with Crippen molar-refractivity contribution < 1.29 is 4.79 Å².